The van der Waals surface area contributed by atoms with Gasteiger partial charge in [0, 0.05) is 33.5 Å². The fourth-order valence-corrected chi connectivity index (χ4v) is 9.02. The Kier molecular flexibility index (Phi) is 10.4. The zero-order valence-corrected chi connectivity index (χ0v) is 35.8. The zero-order chi connectivity index (χ0) is 42.2. The Morgan fingerprint density at radius 1 is 0.258 bits per heavy atom. The van der Waals surface area contributed by atoms with Crippen molar-refractivity contribution in [3.63, 3.8) is 0 Å². The summed E-state index contributed by atoms with van der Waals surface area (Å²) < 4.78 is 0. The first kappa shape index (κ1) is 38.8. The molecule has 0 unspecified atom stereocenters. The zero-order valence-electron chi connectivity index (χ0n) is 35.8. The maximum absolute atomic E-state index is 2.44. The van der Waals surface area contributed by atoms with Gasteiger partial charge in [-0.15, -0.1) is 0 Å². The van der Waals surface area contributed by atoms with Crippen molar-refractivity contribution >= 4 is 66.4 Å². The Balaban J connectivity index is 1.20. The van der Waals surface area contributed by atoms with Crippen LogP contribution in [0.4, 0.5) is 34.1 Å². The van der Waals surface area contributed by atoms with Crippen LogP contribution in [0.25, 0.3) is 54.6 Å². The minimum Gasteiger partial charge on any atom is -0.310 e. The van der Waals surface area contributed by atoms with Gasteiger partial charge in [-0.25, -0.2) is 0 Å². The summed E-state index contributed by atoms with van der Waals surface area (Å²) in [5.41, 5.74) is 14.2. The van der Waals surface area contributed by atoms with Gasteiger partial charge in [-0.1, -0.05) is 185 Å². The third-order valence-corrected chi connectivity index (χ3v) is 12.4. The number of hydrogen-bond donors (Lipinski definition) is 0. The molecule has 0 saturated carbocycles. The molecular weight excluding hydrogens is 749 g/mol. The van der Waals surface area contributed by atoms with Crippen LogP contribution < -0.4 is 9.80 Å². The topological polar surface area (TPSA) is 6.48 Å². The van der Waals surface area contributed by atoms with Crippen molar-refractivity contribution < 1.29 is 0 Å². The van der Waals surface area contributed by atoms with Crippen LogP contribution in [-0.4, -0.2) is 0 Å². The molecule has 300 valence electrons. The molecule has 10 aromatic carbocycles. The lowest BCUT2D eigenvalue weighted by Crippen LogP contribution is -2.12. The van der Waals surface area contributed by atoms with Crippen molar-refractivity contribution in [2.45, 2.75) is 39.5 Å². The van der Waals surface area contributed by atoms with Gasteiger partial charge in [-0.05, 0) is 127 Å². The van der Waals surface area contributed by atoms with Gasteiger partial charge in [0.15, 0.2) is 0 Å². The molecule has 0 fully saturated rings. The van der Waals surface area contributed by atoms with Crippen LogP contribution in [0.5, 0.6) is 0 Å². The average molecular weight is 799 g/mol. The minimum absolute atomic E-state index is 0.444. The predicted molar refractivity (Wildman–Crippen MR) is 267 cm³/mol. The number of nitrogens with zero attached hydrogens (tertiary/aromatic N) is 2. The second-order valence-electron chi connectivity index (χ2n) is 17.0. The fraction of sp³-hybridized carbons (Fsp3) is 0.100. The van der Waals surface area contributed by atoms with Crippen LogP contribution in [0.1, 0.15) is 50.7 Å². The molecule has 0 atom stereocenters. The monoisotopic (exact) mass is 798 g/mol. The second-order valence-corrected chi connectivity index (χ2v) is 17.0. The summed E-state index contributed by atoms with van der Waals surface area (Å²) in [5.74, 6) is 0.887. The normalized spacial score (nSPS) is 11.5. The van der Waals surface area contributed by atoms with E-state index in [1.165, 1.54) is 65.7 Å². The average Bonchev–Trinajstić information content (AvgIpc) is 3.33. The van der Waals surface area contributed by atoms with Gasteiger partial charge in [0.25, 0.3) is 0 Å². The summed E-state index contributed by atoms with van der Waals surface area (Å²) in [6.07, 6.45) is 0. The lowest BCUT2D eigenvalue weighted by Gasteiger charge is -2.30. The van der Waals surface area contributed by atoms with E-state index in [9.17, 15) is 0 Å². The van der Waals surface area contributed by atoms with Gasteiger partial charge < -0.3 is 9.80 Å². The van der Waals surface area contributed by atoms with Crippen molar-refractivity contribution in [3.05, 3.63) is 230 Å². The summed E-state index contributed by atoms with van der Waals surface area (Å²) in [6.45, 7) is 9.03. The van der Waals surface area contributed by atoms with Gasteiger partial charge in [0.05, 0.1) is 11.4 Å². The molecule has 0 saturated heterocycles. The van der Waals surface area contributed by atoms with E-state index in [0.29, 0.717) is 11.8 Å². The van der Waals surface area contributed by atoms with Crippen molar-refractivity contribution in [1.29, 1.82) is 0 Å². The van der Waals surface area contributed by atoms with Gasteiger partial charge in [0.2, 0.25) is 0 Å². The van der Waals surface area contributed by atoms with Crippen molar-refractivity contribution in [2.24, 2.45) is 0 Å². The molecule has 0 aliphatic heterocycles. The van der Waals surface area contributed by atoms with E-state index >= 15 is 0 Å². The summed E-state index contributed by atoms with van der Waals surface area (Å²) >= 11 is 0. The maximum Gasteiger partial charge on any atom is 0.0546 e. The third kappa shape index (κ3) is 7.28. The van der Waals surface area contributed by atoms with Crippen LogP contribution in [0.15, 0.2) is 218 Å². The molecular formula is C60H50N2. The van der Waals surface area contributed by atoms with Crippen LogP contribution in [-0.2, 0) is 0 Å². The molecule has 0 N–H and O–H groups in total. The highest BCUT2D eigenvalue weighted by atomic mass is 15.2. The summed E-state index contributed by atoms with van der Waals surface area (Å²) in [6, 6.07) is 80.4. The molecule has 2 nitrogen and oxygen atoms in total. The Morgan fingerprint density at radius 2 is 0.532 bits per heavy atom. The Morgan fingerprint density at radius 3 is 0.855 bits per heavy atom. The molecule has 2 heteroatoms. The number of benzene rings is 10. The van der Waals surface area contributed by atoms with Crippen molar-refractivity contribution in [2.75, 3.05) is 9.80 Å². The van der Waals surface area contributed by atoms with E-state index in [1.54, 1.807) is 0 Å². The highest BCUT2D eigenvalue weighted by molar-refractivity contribution is 6.24. The molecule has 62 heavy (non-hydrogen) atoms. The maximum atomic E-state index is 2.44. The number of anilines is 6. The lowest BCUT2D eigenvalue weighted by atomic mass is 9.93. The van der Waals surface area contributed by atoms with E-state index in [-0.39, 0.29) is 0 Å². The van der Waals surface area contributed by atoms with E-state index in [1.807, 2.05) is 0 Å². The van der Waals surface area contributed by atoms with E-state index in [2.05, 4.69) is 256 Å². The minimum atomic E-state index is 0.444. The first-order chi connectivity index (χ1) is 30.4. The molecule has 0 aromatic heterocycles. The number of hydrogen-bond acceptors (Lipinski definition) is 2. The van der Waals surface area contributed by atoms with Crippen LogP contribution >= 0.6 is 0 Å². The molecule has 0 aliphatic rings. The van der Waals surface area contributed by atoms with Gasteiger partial charge in [-0.3, -0.25) is 0 Å². The third-order valence-electron chi connectivity index (χ3n) is 12.4. The van der Waals surface area contributed by atoms with Crippen LogP contribution in [0.3, 0.4) is 0 Å². The van der Waals surface area contributed by atoms with Crippen molar-refractivity contribution in [1.82, 2.24) is 0 Å². The largest absolute Gasteiger partial charge is 0.310 e. The molecule has 0 bridgehead atoms. The molecule has 0 spiro atoms. The van der Waals surface area contributed by atoms with E-state index in [0.717, 1.165) is 34.1 Å². The highest BCUT2D eigenvalue weighted by Crippen LogP contribution is 2.48. The predicted octanol–water partition coefficient (Wildman–Crippen LogP) is 17.7. The molecule has 10 aromatic rings. The fourth-order valence-electron chi connectivity index (χ4n) is 9.02. The first-order valence-electron chi connectivity index (χ1n) is 21.9. The first-order valence-corrected chi connectivity index (χ1v) is 21.9. The van der Waals surface area contributed by atoms with E-state index < -0.39 is 0 Å². The Hall–Kier alpha value is -7.42. The molecule has 0 heterocycles. The van der Waals surface area contributed by atoms with Crippen molar-refractivity contribution in [3.8, 4) is 22.3 Å². The summed E-state index contributed by atoms with van der Waals surface area (Å²) in [5, 5.41) is 7.26. The van der Waals surface area contributed by atoms with Gasteiger partial charge >= 0.3 is 0 Å². The molecule has 0 radical (unpaired) electrons. The SMILES string of the molecule is CC(C)c1ccc(N(c2ccc(-c3ccccc3)cc2)c2cc3c4ccccc4c(N(c4ccc(-c5ccccc5)cc4)c4ccc(C(C)C)cc4)cc3c3ccccc23)cc1. The van der Waals surface area contributed by atoms with Gasteiger partial charge in [-0.2, -0.15) is 0 Å². The molecule has 0 aliphatic carbocycles. The number of fused-ring (bicyclic) bond motifs is 5. The quantitative estimate of drug-likeness (QED) is 0.127. The standard InChI is InChI=1S/C60H50N2/c1-41(2)43-23-31-49(32-24-43)61(51-35-27-47(28-36-51)45-15-7-5-8-16-45)59-39-57-54-20-12-14-22-56(54)60(40-58(57)53-19-11-13-21-55(53)59)62(50-33-25-44(26-34-50)42(3)4)52-37-29-48(30-38-52)46-17-9-6-10-18-46/h5-42H,1-4H3. The summed E-state index contributed by atoms with van der Waals surface area (Å²) in [7, 11) is 0. The summed E-state index contributed by atoms with van der Waals surface area (Å²) in [4.78, 5) is 4.89. The van der Waals surface area contributed by atoms with Gasteiger partial charge in [0.1, 0.15) is 0 Å². The lowest BCUT2D eigenvalue weighted by molar-refractivity contribution is 0.866. The van der Waals surface area contributed by atoms with Crippen LogP contribution in [0, 0.1) is 0 Å². The highest BCUT2D eigenvalue weighted by Gasteiger charge is 2.22. The number of rotatable bonds is 10. The Labute approximate surface area is 366 Å². The van der Waals surface area contributed by atoms with Crippen LogP contribution in [0.2, 0.25) is 0 Å². The second kappa shape index (κ2) is 16.6. The smallest absolute Gasteiger partial charge is 0.0546 e. The molecule has 0 amide bonds. The Bertz CT molecular complexity index is 2910. The van der Waals surface area contributed by atoms with E-state index in [4.69, 9.17) is 0 Å². The molecule has 10 rings (SSSR count).